The zero-order valence-electron chi connectivity index (χ0n) is 13.3. The fraction of sp³-hybridized carbons (Fsp3) is 0.294. The quantitative estimate of drug-likeness (QED) is 0.737. The van der Waals surface area contributed by atoms with Gasteiger partial charge in [0.1, 0.15) is 12.1 Å². The number of amides is 1. The van der Waals surface area contributed by atoms with Gasteiger partial charge in [-0.2, -0.15) is 0 Å². The van der Waals surface area contributed by atoms with E-state index in [0.29, 0.717) is 6.54 Å². The molecule has 0 atom stereocenters. The van der Waals surface area contributed by atoms with Crippen molar-refractivity contribution < 1.29 is 9.53 Å². The summed E-state index contributed by atoms with van der Waals surface area (Å²) in [6.45, 7) is 0.629. The Morgan fingerprint density at radius 1 is 1.39 bits per heavy atom. The van der Waals surface area contributed by atoms with Crippen LogP contribution < -0.4 is 10.1 Å². The number of ether oxygens (including phenoxy) is 1. The van der Waals surface area contributed by atoms with Crippen molar-refractivity contribution in [2.45, 2.75) is 12.8 Å². The van der Waals surface area contributed by atoms with Gasteiger partial charge in [0.15, 0.2) is 0 Å². The lowest BCUT2D eigenvalue weighted by atomic mass is 10.1. The van der Waals surface area contributed by atoms with Gasteiger partial charge in [-0.1, -0.05) is 0 Å². The standard InChI is InChI=1S/C17H20N4O2/c1-20-11-13(15-6-5-14(23-2)10-16(15)20)4-3-7-19-17(22)21-9-8-18-12-21/h5-6,8-12H,3-4,7H2,1-2H3,(H,19,22). The summed E-state index contributed by atoms with van der Waals surface area (Å²) in [7, 11) is 3.71. The van der Waals surface area contributed by atoms with E-state index in [2.05, 4.69) is 27.1 Å². The van der Waals surface area contributed by atoms with Gasteiger partial charge in [0.05, 0.1) is 12.6 Å². The maximum Gasteiger partial charge on any atom is 0.326 e. The number of hydrogen-bond acceptors (Lipinski definition) is 3. The molecule has 0 unspecified atom stereocenters. The van der Waals surface area contributed by atoms with E-state index in [1.54, 1.807) is 19.5 Å². The Morgan fingerprint density at radius 2 is 2.26 bits per heavy atom. The predicted octanol–water partition coefficient (Wildman–Crippen LogP) is 2.57. The van der Waals surface area contributed by atoms with Crippen molar-refractivity contribution >= 4 is 16.9 Å². The van der Waals surface area contributed by atoms with Crippen LogP contribution in [0.3, 0.4) is 0 Å². The molecule has 3 rings (SSSR count). The van der Waals surface area contributed by atoms with Crippen LogP contribution in [-0.2, 0) is 13.5 Å². The minimum atomic E-state index is -0.148. The summed E-state index contributed by atoms with van der Waals surface area (Å²) in [5.74, 6) is 0.859. The minimum Gasteiger partial charge on any atom is -0.497 e. The molecule has 1 N–H and O–H groups in total. The number of nitrogens with one attached hydrogen (secondary N) is 1. The highest BCUT2D eigenvalue weighted by Crippen LogP contribution is 2.25. The Hall–Kier alpha value is -2.76. The molecule has 1 aromatic carbocycles. The summed E-state index contributed by atoms with van der Waals surface area (Å²) in [4.78, 5) is 15.7. The molecule has 0 bridgehead atoms. The van der Waals surface area contributed by atoms with Gasteiger partial charge in [-0.15, -0.1) is 0 Å². The molecule has 0 saturated heterocycles. The highest BCUT2D eigenvalue weighted by atomic mass is 16.5. The van der Waals surface area contributed by atoms with Gasteiger partial charge < -0.3 is 14.6 Å². The van der Waals surface area contributed by atoms with E-state index >= 15 is 0 Å². The Kier molecular flexibility index (Phi) is 4.32. The van der Waals surface area contributed by atoms with Gasteiger partial charge in [0.25, 0.3) is 0 Å². The molecule has 2 heterocycles. The average molecular weight is 312 g/mol. The molecule has 23 heavy (non-hydrogen) atoms. The van der Waals surface area contributed by atoms with Gasteiger partial charge >= 0.3 is 6.03 Å². The first kappa shape index (κ1) is 15.1. The fourth-order valence-electron chi connectivity index (χ4n) is 2.72. The lowest BCUT2D eigenvalue weighted by Crippen LogP contribution is -2.28. The number of rotatable bonds is 5. The van der Waals surface area contributed by atoms with Crippen molar-refractivity contribution in [1.82, 2.24) is 19.4 Å². The van der Waals surface area contributed by atoms with Crippen molar-refractivity contribution in [3.63, 3.8) is 0 Å². The summed E-state index contributed by atoms with van der Waals surface area (Å²) < 4.78 is 8.82. The zero-order valence-corrected chi connectivity index (χ0v) is 13.3. The number of methoxy groups -OCH3 is 1. The minimum absolute atomic E-state index is 0.148. The van der Waals surface area contributed by atoms with Gasteiger partial charge in [0, 0.05) is 43.6 Å². The van der Waals surface area contributed by atoms with E-state index in [4.69, 9.17) is 4.74 Å². The van der Waals surface area contributed by atoms with Crippen LogP contribution in [0, 0.1) is 0 Å². The van der Waals surface area contributed by atoms with E-state index in [0.717, 1.165) is 24.1 Å². The molecule has 120 valence electrons. The third-order valence-electron chi connectivity index (χ3n) is 3.92. The van der Waals surface area contributed by atoms with Crippen LogP contribution in [-0.4, -0.2) is 33.8 Å². The van der Waals surface area contributed by atoms with Crippen LogP contribution >= 0.6 is 0 Å². The molecule has 1 amide bonds. The molecule has 2 aromatic heterocycles. The largest absolute Gasteiger partial charge is 0.497 e. The summed E-state index contributed by atoms with van der Waals surface area (Å²) in [6.07, 6.45) is 8.64. The zero-order chi connectivity index (χ0) is 16.2. The smallest absolute Gasteiger partial charge is 0.326 e. The van der Waals surface area contributed by atoms with E-state index in [1.807, 2.05) is 19.2 Å². The first-order chi connectivity index (χ1) is 11.2. The Labute approximate surface area is 134 Å². The van der Waals surface area contributed by atoms with Crippen LogP contribution in [0.5, 0.6) is 5.75 Å². The first-order valence-electron chi connectivity index (χ1n) is 7.57. The maximum absolute atomic E-state index is 11.8. The van der Waals surface area contributed by atoms with Crippen LogP contribution in [0.25, 0.3) is 10.9 Å². The van der Waals surface area contributed by atoms with Crippen LogP contribution in [0.1, 0.15) is 12.0 Å². The summed E-state index contributed by atoms with van der Waals surface area (Å²) >= 11 is 0. The van der Waals surface area contributed by atoms with Crippen LogP contribution in [0.2, 0.25) is 0 Å². The normalized spacial score (nSPS) is 10.9. The SMILES string of the molecule is COc1ccc2c(CCCNC(=O)n3ccnc3)cn(C)c2c1. The predicted molar refractivity (Wildman–Crippen MR) is 88.8 cm³/mol. The van der Waals surface area contributed by atoms with Crippen LogP contribution in [0.4, 0.5) is 4.79 Å². The number of hydrogen-bond donors (Lipinski definition) is 1. The first-order valence-corrected chi connectivity index (χ1v) is 7.57. The highest BCUT2D eigenvalue weighted by Gasteiger charge is 2.08. The molecular formula is C17H20N4O2. The summed E-state index contributed by atoms with van der Waals surface area (Å²) in [5.41, 5.74) is 2.43. The Balaban J connectivity index is 1.60. The number of carbonyl (C=O) groups excluding carboxylic acids is 1. The number of aryl methyl sites for hydroxylation is 2. The van der Waals surface area contributed by atoms with Crippen molar-refractivity contribution in [3.05, 3.63) is 48.7 Å². The molecule has 6 heteroatoms. The third kappa shape index (κ3) is 3.21. The van der Waals surface area contributed by atoms with Gasteiger partial charge in [0.2, 0.25) is 0 Å². The summed E-state index contributed by atoms with van der Waals surface area (Å²) in [5, 5.41) is 4.12. The lowest BCUT2D eigenvalue weighted by molar-refractivity contribution is 0.242. The molecule has 0 spiro atoms. The fourth-order valence-corrected chi connectivity index (χ4v) is 2.72. The molecule has 0 aliphatic heterocycles. The number of imidazole rings is 1. The molecule has 0 aliphatic carbocycles. The monoisotopic (exact) mass is 312 g/mol. The average Bonchev–Trinajstić information content (AvgIpc) is 3.20. The molecular weight excluding hydrogens is 292 g/mol. The van der Waals surface area contributed by atoms with Crippen molar-refractivity contribution in [1.29, 1.82) is 0 Å². The molecule has 0 saturated carbocycles. The second-order valence-corrected chi connectivity index (χ2v) is 5.45. The van der Waals surface area contributed by atoms with E-state index in [9.17, 15) is 4.79 Å². The van der Waals surface area contributed by atoms with E-state index < -0.39 is 0 Å². The number of benzene rings is 1. The van der Waals surface area contributed by atoms with E-state index in [1.165, 1.54) is 21.8 Å². The van der Waals surface area contributed by atoms with Crippen molar-refractivity contribution in [3.8, 4) is 5.75 Å². The second kappa shape index (κ2) is 6.56. The summed E-state index contributed by atoms with van der Waals surface area (Å²) in [6, 6.07) is 5.96. The molecule has 3 aromatic rings. The molecule has 0 aliphatic rings. The van der Waals surface area contributed by atoms with Gasteiger partial charge in [-0.3, -0.25) is 4.57 Å². The lowest BCUT2D eigenvalue weighted by Gasteiger charge is -2.05. The topological polar surface area (TPSA) is 61.1 Å². The Bertz CT molecular complexity index is 805. The van der Waals surface area contributed by atoms with Crippen molar-refractivity contribution in [2.24, 2.45) is 7.05 Å². The maximum atomic E-state index is 11.8. The Morgan fingerprint density at radius 3 is 3.00 bits per heavy atom. The number of aromatic nitrogens is 3. The molecule has 6 nitrogen and oxygen atoms in total. The van der Waals surface area contributed by atoms with Crippen molar-refractivity contribution in [2.75, 3.05) is 13.7 Å². The van der Waals surface area contributed by atoms with Gasteiger partial charge in [-0.25, -0.2) is 9.78 Å². The third-order valence-corrected chi connectivity index (χ3v) is 3.92. The number of carbonyl (C=O) groups is 1. The van der Waals surface area contributed by atoms with Crippen LogP contribution in [0.15, 0.2) is 43.1 Å². The second-order valence-electron chi connectivity index (χ2n) is 5.45. The molecule has 0 radical (unpaired) electrons. The number of fused-ring (bicyclic) bond motifs is 1. The highest BCUT2D eigenvalue weighted by molar-refractivity contribution is 5.85. The van der Waals surface area contributed by atoms with Gasteiger partial charge in [-0.05, 0) is 30.5 Å². The van der Waals surface area contributed by atoms with E-state index in [-0.39, 0.29) is 6.03 Å². The number of nitrogens with zero attached hydrogens (tertiary/aromatic N) is 3. The molecule has 0 fully saturated rings.